The second-order valence-corrected chi connectivity index (χ2v) is 10.4. The summed E-state index contributed by atoms with van der Waals surface area (Å²) in [5.74, 6) is -0.322. The van der Waals surface area contributed by atoms with E-state index in [0.29, 0.717) is 24.4 Å². The summed E-state index contributed by atoms with van der Waals surface area (Å²) in [5, 5.41) is 3.07. The molecule has 1 aromatic heterocycles. The molecule has 7 heteroatoms. The van der Waals surface area contributed by atoms with Crippen molar-refractivity contribution in [3.05, 3.63) is 60.4 Å². The first-order chi connectivity index (χ1) is 14.5. The molecule has 0 bridgehead atoms. The molecule has 0 unspecified atom stereocenters. The van der Waals surface area contributed by atoms with Gasteiger partial charge < -0.3 is 5.32 Å². The molecule has 1 atom stereocenters. The second-order valence-electron chi connectivity index (χ2n) is 8.49. The van der Waals surface area contributed by atoms with Gasteiger partial charge in [0.15, 0.2) is 0 Å². The fourth-order valence-corrected chi connectivity index (χ4v) is 6.54. The topological polar surface area (TPSA) is 79.4 Å². The molecule has 1 aliphatic heterocycles. The Kier molecular flexibility index (Phi) is 6.20. The average Bonchev–Trinajstić information content (AvgIpc) is 3.15. The van der Waals surface area contributed by atoms with E-state index in [1.165, 1.54) is 0 Å². The van der Waals surface area contributed by atoms with Crippen LogP contribution in [0.15, 0.2) is 59.8 Å². The molecule has 0 radical (unpaired) electrons. The van der Waals surface area contributed by atoms with Crippen LogP contribution in [-0.4, -0.2) is 43.2 Å². The van der Waals surface area contributed by atoms with Crippen LogP contribution >= 0.6 is 0 Å². The zero-order chi connectivity index (χ0) is 21.0. The van der Waals surface area contributed by atoms with Crippen LogP contribution in [0.5, 0.6) is 0 Å². The molecular weight excluding hydrogens is 398 g/mol. The molecular formula is C23H29N3O3S. The third kappa shape index (κ3) is 4.27. The van der Waals surface area contributed by atoms with Crippen LogP contribution in [-0.2, 0) is 21.2 Å². The van der Waals surface area contributed by atoms with Gasteiger partial charge in [0.1, 0.15) is 0 Å². The Labute approximate surface area is 178 Å². The zero-order valence-electron chi connectivity index (χ0n) is 17.2. The van der Waals surface area contributed by atoms with Crippen LogP contribution in [0.2, 0.25) is 0 Å². The lowest BCUT2D eigenvalue weighted by atomic mass is 9.67. The summed E-state index contributed by atoms with van der Waals surface area (Å²) in [5.41, 5.74) is 0.822. The van der Waals surface area contributed by atoms with E-state index in [4.69, 9.17) is 0 Å². The minimum absolute atomic E-state index is 0.0217. The van der Waals surface area contributed by atoms with Crippen molar-refractivity contribution in [2.24, 2.45) is 11.3 Å². The van der Waals surface area contributed by atoms with Gasteiger partial charge in [-0.15, -0.1) is 0 Å². The summed E-state index contributed by atoms with van der Waals surface area (Å²) < 4.78 is 28.0. The minimum Gasteiger partial charge on any atom is -0.355 e. The number of carbonyl (C=O) groups is 1. The number of nitrogens with zero attached hydrogens (tertiary/aromatic N) is 2. The Morgan fingerprint density at radius 3 is 2.57 bits per heavy atom. The average molecular weight is 428 g/mol. The lowest BCUT2D eigenvalue weighted by Gasteiger charge is -2.37. The number of pyridine rings is 1. The highest BCUT2D eigenvalue weighted by atomic mass is 32.2. The number of sulfonamides is 1. The van der Waals surface area contributed by atoms with Crippen molar-refractivity contribution < 1.29 is 13.2 Å². The molecule has 1 aromatic carbocycles. The van der Waals surface area contributed by atoms with E-state index >= 15 is 0 Å². The van der Waals surface area contributed by atoms with Crippen LogP contribution in [0, 0.1) is 11.3 Å². The Morgan fingerprint density at radius 2 is 1.87 bits per heavy atom. The fraction of sp³-hybridized carbons (Fsp3) is 0.478. The third-order valence-electron chi connectivity index (χ3n) is 6.60. The molecule has 1 saturated heterocycles. The largest absolute Gasteiger partial charge is 0.355 e. The summed E-state index contributed by atoms with van der Waals surface area (Å²) in [6.45, 7) is 1.23. The van der Waals surface area contributed by atoms with E-state index in [-0.39, 0.29) is 23.8 Å². The molecule has 2 fully saturated rings. The molecule has 1 spiro atoms. The molecule has 1 N–H and O–H groups in total. The highest BCUT2D eigenvalue weighted by molar-refractivity contribution is 7.89. The van der Waals surface area contributed by atoms with Gasteiger partial charge in [0.05, 0.1) is 10.8 Å². The van der Waals surface area contributed by atoms with Crippen LogP contribution in [0.3, 0.4) is 0 Å². The first-order valence-electron chi connectivity index (χ1n) is 10.7. The molecule has 2 aliphatic rings. The van der Waals surface area contributed by atoms with E-state index in [0.717, 1.165) is 37.7 Å². The first kappa shape index (κ1) is 21.0. The maximum absolute atomic E-state index is 13.2. The van der Waals surface area contributed by atoms with Gasteiger partial charge in [0.25, 0.3) is 0 Å². The van der Waals surface area contributed by atoms with Crippen LogP contribution in [0.4, 0.5) is 0 Å². The number of amides is 1. The van der Waals surface area contributed by atoms with Crippen molar-refractivity contribution in [2.75, 3.05) is 19.6 Å². The van der Waals surface area contributed by atoms with Crippen molar-refractivity contribution in [1.29, 1.82) is 0 Å². The Morgan fingerprint density at radius 1 is 1.10 bits per heavy atom. The van der Waals surface area contributed by atoms with Crippen molar-refractivity contribution in [3.63, 3.8) is 0 Å². The van der Waals surface area contributed by atoms with Gasteiger partial charge in [-0.1, -0.05) is 43.5 Å². The molecule has 160 valence electrons. The van der Waals surface area contributed by atoms with E-state index in [2.05, 4.69) is 10.3 Å². The van der Waals surface area contributed by atoms with E-state index in [9.17, 15) is 13.2 Å². The quantitative estimate of drug-likeness (QED) is 0.769. The summed E-state index contributed by atoms with van der Waals surface area (Å²) in [4.78, 5) is 17.6. The number of aromatic nitrogens is 1. The maximum Gasteiger partial charge on any atom is 0.243 e. The van der Waals surface area contributed by atoms with Crippen molar-refractivity contribution in [3.8, 4) is 0 Å². The number of hydrogen-bond acceptors (Lipinski definition) is 4. The van der Waals surface area contributed by atoms with Crippen molar-refractivity contribution in [1.82, 2.24) is 14.6 Å². The second kappa shape index (κ2) is 8.86. The van der Waals surface area contributed by atoms with Crippen LogP contribution in [0.1, 0.15) is 37.7 Å². The van der Waals surface area contributed by atoms with Crippen molar-refractivity contribution >= 4 is 15.9 Å². The number of nitrogens with one attached hydrogen (secondary N) is 1. The molecule has 30 heavy (non-hydrogen) atoms. The smallest absolute Gasteiger partial charge is 0.243 e. The lowest BCUT2D eigenvalue weighted by molar-refractivity contribution is -0.128. The fourth-order valence-electron chi connectivity index (χ4n) is 4.97. The summed E-state index contributed by atoms with van der Waals surface area (Å²) in [7, 11) is -3.60. The Bertz CT molecular complexity index is 958. The van der Waals surface area contributed by atoms with E-state index in [1.54, 1.807) is 41.0 Å². The Balaban J connectivity index is 1.49. The van der Waals surface area contributed by atoms with Gasteiger partial charge in [-0.25, -0.2) is 8.42 Å². The maximum atomic E-state index is 13.2. The van der Waals surface area contributed by atoms with Gasteiger partial charge in [-0.2, -0.15) is 4.31 Å². The summed E-state index contributed by atoms with van der Waals surface area (Å²) in [6, 6.07) is 12.4. The monoisotopic (exact) mass is 427 g/mol. The van der Waals surface area contributed by atoms with Gasteiger partial charge in [-0.05, 0) is 48.4 Å². The van der Waals surface area contributed by atoms with Crippen LogP contribution < -0.4 is 5.32 Å². The third-order valence-corrected chi connectivity index (χ3v) is 8.43. The van der Waals surface area contributed by atoms with Gasteiger partial charge >= 0.3 is 0 Å². The zero-order valence-corrected chi connectivity index (χ0v) is 18.0. The number of carbonyl (C=O) groups excluding carboxylic acids is 1. The normalized spacial score (nSPS) is 21.5. The van der Waals surface area contributed by atoms with Gasteiger partial charge in [0, 0.05) is 32.0 Å². The van der Waals surface area contributed by atoms with Gasteiger partial charge in [-0.3, -0.25) is 9.78 Å². The minimum atomic E-state index is -3.60. The number of benzene rings is 1. The highest BCUT2D eigenvalue weighted by Gasteiger charge is 2.52. The number of hydrogen-bond donors (Lipinski definition) is 1. The SMILES string of the molecule is O=C(NCCc1cccnc1)[C@H]1CN(S(=O)(=O)c2ccccc2)CC12CCCCC2. The van der Waals surface area contributed by atoms with Crippen LogP contribution in [0.25, 0.3) is 0 Å². The van der Waals surface area contributed by atoms with Crippen molar-refractivity contribution in [2.45, 2.75) is 43.4 Å². The van der Waals surface area contributed by atoms with E-state index < -0.39 is 10.0 Å². The first-order valence-corrected chi connectivity index (χ1v) is 12.2. The molecule has 6 nitrogen and oxygen atoms in total. The molecule has 2 heterocycles. The summed E-state index contributed by atoms with van der Waals surface area (Å²) in [6.07, 6.45) is 9.34. The number of rotatable bonds is 6. The summed E-state index contributed by atoms with van der Waals surface area (Å²) >= 11 is 0. The predicted octanol–water partition coefficient (Wildman–Crippen LogP) is 3.01. The lowest BCUT2D eigenvalue weighted by Crippen LogP contribution is -2.43. The highest BCUT2D eigenvalue weighted by Crippen LogP contribution is 2.48. The molecule has 1 saturated carbocycles. The van der Waals surface area contributed by atoms with Gasteiger partial charge in [0.2, 0.25) is 15.9 Å². The molecule has 1 aliphatic carbocycles. The molecule has 2 aromatic rings. The predicted molar refractivity (Wildman–Crippen MR) is 115 cm³/mol. The standard InChI is InChI=1S/C23H29N3O3S/c27-22(25-15-11-19-8-7-14-24-16-19)21-17-26(18-23(21)12-5-2-6-13-23)30(28,29)20-9-3-1-4-10-20/h1,3-4,7-10,14,16,21H,2,5-6,11-13,15,17-18H2,(H,25,27)/t21-/m1/s1. The van der Waals surface area contributed by atoms with E-state index in [1.807, 2.05) is 18.2 Å². The molecule has 1 amide bonds. The Hall–Kier alpha value is -2.25. The molecule has 4 rings (SSSR count).